The number of hydrogen-bond donors (Lipinski definition) is 0. The number of alkyl halides is 3. The van der Waals surface area contributed by atoms with Crippen LogP contribution in [0.5, 0.6) is 5.75 Å². The molecule has 4 nitrogen and oxygen atoms in total. The van der Waals surface area contributed by atoms with Crippen molar-refractivity contribution in [3.63, 3.8) is 0 Å². The summed E-state index contributed by atoms with van der Waals surface area (Å²) < 4.78 is 47.2. The van der Waals surface area contributed by atoms with Gasteiger partial charge in [0.1, 0.15) is 5.75 Å². The highest BCUT2D eigenvalue weighted by Gasteiger charge is 2.31. The lowest BCUT2D eigenvalue weighted by molar-refractivity contribution is -0.137. The number of hydrogen-bond acceptors (Lipinski definition) is 3. The second-order valence-electron chi connectivity index (χ2n) is 6.83. The van der Waals surface area contributed by atoms with Gasteiger partial charge >= 0.3 is 6.18 Å². The number of benzene rings is 2. The Hall–Kier alpha value is -3.61. The molecule has 0 saturated heterocycles. The Labute approximate surface area is 171 Å². The van der Waals surface area contributed by atoms with Gasteiger partial charge in [-0.15, -0.1) is 0 Å². The van der Waals surface area contributed by atoms with Gasteiger partial charge in [0.15, 0.2) is 0 Å². The van der Waals surface area contributed by atoms with Gasteiger partial charge in [-0.2, -0.15) is 13.2 Å². The van der Waals surface area contributed by atoms with Crippen LogP contribution in [0.1, 0.15) is 11.1 Å². The van der Waals surface area contributed by atoms with Crippen molar-refractivity contribution in [2.24, 2.45) is 0 Å². The van der Waals surface area contributed by atoms with Crippen LogP contribution in [0.3, 0.4) is 0 Å². The highest BCUT2D eigenvalue weighted by Crippen LogP contribution is 2.37. The molecule has 152 valence electrons. The number of imidazole rings is 1. The minimum atomic E-state index is -4.43. The summed E-state index contributed by atoms with van der Waals surface area (Å²) in [5.74, 6) is 0.682. The predicted molar refractivity (Wildman–Crippen MR) is 109 cm³/mol. The first-order chi connectivity index (χ1) is 14.4. The lowest BCUT2D eigenvalue weighted by Gasteiger charge is -2.16. The summed E-state index contributed by atoms with van der Waals surface area (Å²) in [4.78, 5) is 8.42. The lowest BCUT2D eigenvalue weighted by Crippen LogP contribution is -2.06. The summed E-state index contributed by atoms with van der Waals surface area (Å²) in [5.41, 5.74) is 3.14. The summed E-state index contributed by atoms with van der Waals surface area (Å²) in [7, 11) is 1.59. The molecule has 2 heterocycles. The third-order valence-electron chi connectivity index (χ3n) is 4.80. The maximum absolute atomic E-state index is 13.3. The van der Waals surface area contributed by atoms with Crippen LogP contribution >= 0.6 is 0 Å². The number of methoxy groups -OCH3 is 1. The van der Waals surface area contributed by atoms with Crippen molar-refractivity contribution in [3.8, 4) is 33.8 Å². The fourth-order valence-electron chi connectivity index (χ4n) is 3.47. The molecule has 0 aliphatic rings. The monoisotopic (exact) mass is 409 g/mol. The van der Waals surface area contributed by atoms with E-state index in [2.05, 4.69) is 9.97 Å². The van der Waals surface area contributed by atoms with E-state index in [-0.39, 0.29) is 0 Å². The van der Waals surface area contributed by atoms with Crippen molar-refractivity contribution in [2.75, 3.05) is 7.11 Å². The fourth-order valence-corrected chi connectivity index (χ4v) is 3.47. The number of rotatable bonds is 4. The molecule has 0 unspecified atom stereocenters. The van der Waals surface area contributed by atoms with Crippen molar-refractivity contribution in [1.82, 2.24) is 14.5 Å². The number of halogens is 3. The Morgan fingerprint density at radius 1 is 0.933 bits per heavy atom. The maximum atomic E-state index is 13.3. The summed E-state index contributed by atoms with van der Waals surface area (Å²) >= 11 is 0. The molecule has 2 aromatic carbocycles. The minimum absolute atomic E-state index is 0.426. The molecule has 0 amide bonds. The highest BCUT2D eigenvalue weighted by atomic mass is 19.4. The molecule has 0 aliphatic carbocycles. The van der Waals surface area contributed by atoms with Gasteiger partial charge < -0.3 is 4.74 Å². The maximum Gasteiger partial charge on any atom is 0.416 e. The first kappa shape index (κ1) is 19.7. The van der Waals surface area contributed by atoms with Crippen LogP contribution in [0, 0.1) is 6.92 Å². The first-order valence-corrected chi connectivity index (χ1v) is 9.18. The van der Waals surface area contributed by atoms with Gasteiger partial charge in [0, 0.05) is 22.9 Å². The normalized spacial score (nSPS) is 11.5. The molecule has 30 heavy (non-hydrogen) atoms. The van der Waals surface area contributed by atoms with E-state index in [4.69, 9.17) is 4.74 Å². The van der Waals surface area contributed by atoms with Crippen LogP contribution in [-0.4, -0.2) is 21.6 Å². The summed E-state index contributed by atoms with van der Waals surface area (Å²) in [6.45, 7) is 1.64. The molecule has 0 atom stereocenters. The molecule has 0 radical (unpaired) electrons. The zero-order chi connectivity index (χ0) is 21.3. The fraction of sp³-hybridized carbons (Fsp3) is 0.130. The highest BCUT2D eigenvalue weighted by molar-refractivity contribution is 5.78. The van der Waals surface area contributed by atoms with Crippen LogP contribution in [0.4, 0.5) is 13.2 Å². The van der Waals surface area contributed by atoms with E-state index < -0.39 is 11.7 Å². The van der Waals surface area contributed by atoms with Crippen molar-refractivity contribution in [1.29, 1.82) is 0 Å². The van der Waals surface area contributed by atoms with Crippen LogP contribution in [0.15, 0.2) is 73.4 Å². The van der Waals surface area contributed by atoms with Gasteiger partial charge in [-0.1, -0.05) is 18.2 Å². The average molecular weight is 409 g/mol. The molecule has 0 aliphatic heterocycles. The van der Waals surface area contributed by atoms with Crippen molar-refractivity contribution in [3.05, 3.63) is 84.6 Å². The first-order valence-electron chi connectivity index (χ1n) is 9.18. The molecule has 7 heteroatoms. The van der Waals surface area contributed by atoms with Crippen LogP contribution in [0.2, 0.25) is 0 Å². The summed E-state index contributed by atoms with van der Waals surface area (Å²) in [5, 5.41) is 0. The van der Waals surface area contributed by atoms with E-state index in [0.29, 0.717) is 28.3 Å². The van der Waals surface area contributed by atoms with Gasteiger partial charge in [0.05, 0.1) is 42.8 Å². The summed E-state index contributed by atoms with van der Waals surface area (Å²) in [6.07, 6.45) is 2.01. The third-order valence-corrected chi connectivity index (χ3v) is 4.80. The molecule has 4 rings (SSSR count). The number of aromatic nitrogens is 3. The number of para-hydroxylation sites is 1. The van der Waals surface area contributed by atoms with Gasteiger partial charge in [0.2, 0.25) is 0 Å². The standard InChI is InChI=1S/C23H18F3N3O/c1-15-9-16(11-17(10-15)23(24,25)26)20-12-28-14-29(20)21-13-27-8-7-18(21)19-5-3-4-6-22(19)30-2/h3-14H,1-2H3. The molecule has 0 spiro atoms. The number of ether oxygens (including phenoxy) is 1. The largest absolute Gasteiger partial charge is 0.496 e. The molecule has 0 N–H and O–H groups in total. The van der Waals surface area contributed by atoms with Crippen LogP contribution < -0.4 is 4.74 Å². The van der Waals surface area contributed by atoms with Crippen molar-refractivity contribution in [2.45, 2.75) is 13.1 Å². The Morgan fingerprint density at radius 2 is 1.73 bits per heavy atom. The zero-order valence-corrected chi connectivity index (χ0v) is 16.3. The minimum Gasteiger partial charge on any atom is -0.496 e. The number of pyridine rings is 1. The van der Waals surface area contributed by atoms with Gasteiger partial charge in [-0.05, 0) is 42.8 Å². The SMILES string of the molecule is COc1ccccc1-c1ccncc1-n1cncc1-c1cc(C)cc(C(F)(F)F)c1. The third kappa shape index (κ3) is 3.66. The van der Waals surface area contributed by atoms with E-state index >= 15 is 0 Å². The smallest absolute Gasteiger partial charge is 0.416 e. The van der Waals surface area contributed by atoms with Crippen LogP contribution in [-0.2, 0) is 6.18 Å². The summed E-state index contributed by atoms with van der Waals surface area (Å²) in [6, 6.07) is 13.4. The molecule has 2 aromatic heterocycles. The molecule has 0 bridgehead atoms. The average Bonchev–Trinajstić information content (AvgIpc) is 3.22. The van der Waals surface area contributed by atoms with Crippen molar-refractivity contribution >= 4 is 0 Å². The Bertz CT molecular complexity index is 1200. The Kier molecular flexibility index (Phi) is 5.03. The quantitative estimate of drug-likeness (QED) is 0.419. The Morgan fingerprint density at radius 3 is 2.50 bits per heavy atom. The van der Waals surface area contributed by atoms with E-state index in [1.807, 2.05) is 30.3 Å². The van der Waals surface area contributed by atoms with Gasteiger partial charge in [0.25, 0.3) is 0 Å². The van der Waals surface area contributed by atoms with Crippen LogP contribution in [0.25, 0.3) is 28.1 Å². The van der Waals surface area contributed by atoms with E-state index in [1.165, 1.54) is 0 Å². The second kappa shape index (κ2) is 7.67. The van der Waals surface area contributed by atoms with Gasteiger partial charge in [-0.25, -0.2) is 4.98 Å². The predicted octanol–water partition coefficient (Wildman–Crippen LogP) is 5.94. The number of nitrogens with zero attached hydrogens (tertiary/aromatic N) is 3. The second-order valence-corrected chi connectivity index (χ2v) is 6.83. The molecular weight excluding hydrogens is 391 g/mol. The number of aryl methyl sites for hydroxylation is 1. The van der Waals surface area contributed by atoms with E-state index in [9.17, 15) is 13.2 Å². The van der Waals surface area contributed by atoms with E-state index in [1.54, 1.807) is 49.6 Å². The van der Waals surface area contributed by atoms with Gasteiger partial charge in [-0.3, -0.25) is 9.55 Å². The molecule has 0 fully saturated rings. The molecular formula is C23H18F3N3O. The molecule has 0 saturated carbocycles. The Balaban J connectivity index is 1.90. The topological polar surface area (TPSA) is 39.9 Å². The zero-order valence-electron chi connectivity index (χ0n) is 16.3. The van der Waals surface area contributed by atoms with E-state index in [0.717, 1.165) is 23.3 Å². The van der Waals surface area contributed by atoms with Crippen molar-refractivity contribution < 1.29 is 17.9 Å². The lowest BCUT2D eigenvalue weighted by atomic mass is 10.0. The molecule has 4 aromatic rings.